The highest BCUT2D eigenvalue weighted by Crippen LogP contribution is 2.32. The number of nitrogens with one attached hydrogen (secondary N) is 1. The molecular weight excluding hydrogens is 314 g/mol. The Kier molecular flexibility index (Phi) is 5.50. The van der Waals surface area contributed by atoms with E-state index in [-0.39, 0.29) is 5.91 Å². The average Bonchev–Trinajstić information content (AvgIpc) is 2.52. The van der Waals surface area contributed by atoms with Gasteiger partial charge in [0.25, 0.3) is 0 Å². The van der Waals surface area contributed by atoms with Crippen LogP contribution in [0.1, 0.15) is 22.1 Å². The molecule has 1 amide bonds. The van der Waals surface area contributed by atoms with Crippen LogP contribution in [0.15, 0.2) is 36.4 Å². The third-order valence-corrected chi connectivity index (χ3v) is 3.87. The van der Waals surface area contributed by atoms with Gasteiger partial charge in [0, 0.05) is 5.69 Å². The van der Waals surface area contributed by atoms with Gasteiger partial charge in [-0.1, -0.05) is 12.1 Å². The van der Waals surface area contributed by atoms with Gasteiger partial charge in [0.2, 0.25) is 5.91 Å². The molecule has 0 aliphatic heterocycles. The number of amides is 1. The van der Waals surface area contributed by atoms with Crippen LogP contribution in [0.25, 0.3) is 0 Å². The third kappa shape index (κ3) is 4.17. The lowest BCUT2D eigenvalue weighted by molar-refractivity contribution is -0.116. The molecule has 2 rings (SSSR count). The molecule has 0 aliphatic carbocycles. The van der Waals surface area contributed by atoms with Gasteiger partial charge in [0.05, 0.1) is 14.2 Å². The zero-order valence-corrected chi connectivity index (χ0v) is 14.4. The first-order chi connectivity index (χ1) is 10.9. The first-order valence-corrected chi connectivity index (χ1v) is 7.63. The van der Waals surface area contributed by atoms with Gasteiger partial charge in [-0.3, -0.25) is 4.79 Å². The highest BCUT2D eigenvalue weighted by atomic mass is 35.5. The average molecular weight is 334 g/mol. The van der Waals surface area contributed by atoms with E-state index >= 15 is 0 Å². The van der Waals surface area contributed by atoms with Crippen molar-refractivity contribution >= 4 is 23.2 Å². The number of anilines is 1. The monoisotopic (exact) mass is 333 g/mol. The van der Waals surface area contributed by atoms with Crippen LogP contribution in [0, 0.1) is 13.8 Å². The van der Waals surface area contributed by atoms with Crippen molar-refractivity contribution in [3.05, 3.63) is 53.1 Å². The molecule has 122 valence electrons. The van der Waals surface area contributed by atoms with Crippen molar-refractivity contribution in [2.45, 2.75) is 19.2 Å². The van der Waals surface area contributed by atoms with Gasteiger partial charge in [-0.25, -0.2) is 0 Å². The van der Waals surface area contributed by atoms with Crippen LogP contribution >= 0.6 is 11.6 Å². The minimum absolute atomic E-state index is 0.288. The quantitative estimate of drug-likeness (QED) is 0.832. The molecule has 0 bridgehead atoms. The lowest BCUT2D eigenvalue weighted by atomic mass is 10.1. The molecule has 0 heterocycles. The first kappa shape index (κ1) is 17.2. The molecule has 1 N–H and O–H groups in total. The number of alkyl halides is 1. The highest BCUT2D eigenvalue weighted by Gasteiger charge is 2.20. The maximum absolute atomic E-state index is 12.4. The predicted octanol–water partition coefficient (Wildman–Crippen LogP) is 4.24. The van der Waals surface area contributed by atoms with Crippen LogP contribution in [0.5, 0.6) is 11.5 Å². The summed E-state index contributed by atoms with van der Waals surface area (Å²) >= 11 is 6.30. The minimum Gasteiger partial charge on any atom is -0.493 e. The van der Waals surface area contributed by atoms with Gasteiger partial charge in [-0.2, -0.15) is 0 Å². The summed E-state index contributed by atoms with van der Waals surface area (Å²) in [5.74, 6) is 0.841. The summed E-state index contributed by atoms with van der Waals surface area (Å²) in [6.45, 7) is 3.96. The summed E-state index contributed by atoms with van der Waals surface area (Å²) in [4.78, 5) is 12.4. The molecular formula is C18H20ClNO3. The molecule has 0 saturated heterocycles. The number of hydrogen-bond acceptors (Lipinski definition) is 3. The van der Waals surface area contributed by atoms with Crippen LogP contribution in [0.4, 0.5) is 5.69 Å². The second kappa shape index (κ2) is 7.38. The van der Waals surface area contributed by atoms with E-state index in [0.29, 0.717) is 17.1 Å². The highest BCUT2D eigenvalue weighted by molar-refractivity contribution is 6.32. The number of carbonyl (C=O) groups excluding carboxylic acids is 1. The second-order valence-corrected chi connectivity index (χ2v) is 5.78. The molecule has 0 spiro atoms. The smallest absolute Gasteiger partial charge is 0.246 e. The Morgan fingerprint density at radius 2 is 1.61 bits per heavy atom. The van der Waals surface area contributed by atoms with E-state index in [0.717, 1.165) is 16.8 Å². The Labute approximate surface area is 141 Å². The Morgan fingerprint density at radius 1 is 1.00 bits per heavy atom. The van der Waals surface area contributed by atoms with Gasteiger partial charge >= 0.3 is 0 Å². The molecule has 0 radical (unpaired) electrons. The summed E-state index contributed by atoms with van der Waals surface area (Å²) in [7, 11) is 3.10. The molecule has 1 unspecified atom stereocenters. The van der Waals surface area contributed by atoms with Crippen LogP contribution in [0.2, 0.25) is 0 Å². The van der Waals surface area contributed by atoms with Crippen molar-refractivity contribution in [3.63, 3.8) is 0 Å². The summed E-state index contributed by atoms with van der Waals surface area (Å²) in [5.41, 5.74) is 3.54. The fourth-order valence-corrected chi connectivity index (χ4v) is 2.60. The molecule has 0 aliphatic rings. The van der Waals surface area contributed by atoms with E-state index in [1.165, 1.54) is 0 Å². The maximum atomic E-state index is 12.4. The molecule has 0 fully saturated rings. The number of carbonyl (C=O) groups is 1. The number of methoxy groups -OCH3 is 2. The van der Waals surface area contributed by atoms with Crippen LogP contribution in [-0.2, 0) is 4.79 Å². The van der Waals surface area contributed by atoms with Crippen molar-refractivity contribution < 1.29 is 14.3 Å². The Morgan fingerprint density at radius 3 is 2.17 bits per heavy atom. The molecule has 5 heteroatoms. The van der Waals surface area contributed by atoms with E-state index < -0.39 is 5.38 Å². The second-order valence-electron chi connectivity index (χ2n) is 5.34. The van der Waals surface area contributed by atoms with Gasteiger partial charge in [-0.05, 0) is 54.8 Å². The molecule has 23 heavy (non-hydrogen) atoms. The maximum Gasteiger partial charge on any atom is 0.246 e. The van der Waals surface area contributed by atoms with E-state index in [1.54, 1.807) is 32.4 Å². The lowest BCUT2D eigenvalue weighted by Crippen LogP contribution is -2.17. The Hall–Kier alpha value is -2.20. The zero-order chi connectivity index (χ0) is 17.0. The van der Waals surface area contributed by atoms with Gasteiger partial charge in [-0.15, -0.1) is 11.6 Å². The summed E-state index contributed by atoms with van der Waals surface area (Å²) in [6.07, 6.45) is 0. The molecule has 0 saturated carbocycles. The summed E-state index contributed by atoms with van der Waals surface area (Å²) in [6, 6.07) is 11.0. The van der Waals surface area contributed by atoms with E-state index in [1.807, 2.05) is 32.0 Å². The van der Waals surface area contributed by atoms with Crippen molar-refractivity contribution in [1.29, 1.82) is 0 Å². The van der Waals surface area contributed by atoms with E-state index in [4.69, 9.17) is 21.1 Å². The number of rotatable bonds is 5. The third-order valence-electron chi connectivity index (χ3n) is 3.42. The Balaban J connectivity index is 2.19. The minimum atomic E-state index is -0.823. The van der Waals surface area contributed by atoms with Crippen molar-refractivity contribution in [1.82, 2.24) is 0 Å². The van der Waals surface area contributed by atoms with E-state index in [2.05, 4.69) is 5.32 Å². The van der Waals surface area contributed by atoms with Crippen molar-refractivity contribution in [2.24, 2.45) is 0 Å². The number of benzene rings is 2. The molecule has 0 aromatic heterocycles. The largest absolute Gasteiger partial charge is 0.493 e. The van der Waals surface area contributed by atoms with Gasteiger partial charge in [0.15, 0.2) is 11.5 Å². The fraction of sp³-hybridized carbons (Fsp3) is 0.278. The lowest BCUT2D eigenvalue weighted by Gasteiger charge is -2.14. The standard InChI is InChI=1S/C18H20ClNO3/c1-11-7-12(2)9-14(8-11)20-18(21)17(19)13-5-6-15(22-3)16(10-13)23-4/h5-10,17H,1-4H3,(H,20,21). The number of aryl methyl sites for hydroxylation is 2. The SMILES string of the molecule is COc1ccc(C(Cl)C(=O)Nc2cc(C)cc(C)c2)cc1OC. The number of halogens is 1. The van der Waals surface area contributed by atoms with Gasteiger partial charge < -0.3 is 14.8 Å². The zero-order valence-electron chi connectivity index (χ0n) is 13.6. The van der Waals surface area contributed by atoms with Crippen LogP contribution in [0.3, 0.4) is 0 Å². The van der Waals surface area contributed by atoms with Crippen LogP contribution < -0.4 is 14.8 Å². The summed E-state index contributed by atoms with van der Waals surface area (Å²) in [5, 5.41) is 2.02. The predicted molar refractivity (Wildman–Crippen MR) is 92.7 cm³/mol. The van der Waals surface area contributed by atoms with Crippen LogP contribution in [-0.4, -0.2) is 20.1 Å². The van der Waals surface area contributed by atoms with Gasteiger partial charge in [0.1, 0.15) is 5.38 Å². The topological polar surface area (TPSA) is 47.6 Å². The number of ether oxygens (including phenoxy) is 2. The molecule has 1 atom stereocenters. The normalized spacial score (nSPS) is 11.7. The first-order valence-electron chi connectivity index (χ1n) is 7.19. The number of hydrogen-bond donors (Lipinski definition) is 1. The summed E-state index contributed by atoms with van der Waals surface area (Å²) < 4.78 is 10.4. The van der Waals surface area contributed by atoms with Crippen molar-refractivity contribution in [2.75, 3.05) is 19.5 Å². The molecule has 2 aromatic carbocycles. The van der Waals surface area contributed by atoms with Crippen molar-refractivity contribution in [3.8, 4) is 11.5 Å². The Bertz CT molecular complexity index is 695. The molecule has 4 nitrogen and oxygen atoms in total. The molecule has 2 aromatic rings. The van der Waals surface area contributed by atoms with E-state index in [9.17, 15) is 4.79 Å². The fourth-order valence-electron chi connectivity index (χ4n) is 2.41.